The van der Waals surface area contributed by atoms with Crippen LogP contribution in [0.2, 0.25) is 0 Å². The molecule has 1 aliphatic heterocycles. The largest absolute Gasteiger partial charge is 0.360 e. The summed E-state index contributed by atoms with van der Waals surface area (Å²) in [6.45, 7) is 4.28. The molecule has 0 saturated carbocycles. The van der Waals surface area contributed by atoms with Crippen LogP contribution in [0.25, 0.3) is 0 Å². The van der Waals surface area contributed by atoms with E-state index in [9.17, 15) is 4.79 Å². The van der Waals surface area contributed by atoms with E-state index in [-0.39, 0.29) is 12.1 Å². The molecule has 0 aromatic heterocycles. The van der Waals surface area contributed by atoms with Gasteiger partial charge in [-0.25, -0.2) is 0 Å². The normalized spacial score (nSPS) is 15.9. The smallest absolute Gasteiger partial charge is 0.262 e. The zero-order valence-electron chi connectivity index (χ0n) is 16.5. The molecule has 1 atom stereocenters. The highest BCUT2D eigenvalue weighted by atomic mass is 16.2. The molecule has 0 bridgehead atoms. The molecule has 3 heteroatoms. The maximum absolute atomic E-state index is 13.4. The molecular weight excluding hydrogens is 344 g/mol. The molecule has 1 heterocycles. The first-order valence-corrected chi connectivity index (χ1v) is 10.0. The molecule has 3 aromatic rings. The van der Waals surface area contributed by atoms with Crippen molar-refractivity contribution < 1.29 is 4.79 Å². The highest BCUT2D eigenvalue weighted by Gasteiger charge is 2.33. The molecule has 0 fully saturated rings. The van der Waals surface area contributed by atoms with Crippen molar-refractivity contribution in [1.29, 1.82) is 0 Å². The molecule has 0 aliphatic carbocycles. The molecule has 1 amide bonds. The number of rotatable bonds is 5. The lowest BCUT2D eigenvalue weighted by Crippen LogP contribution is -2.43. The summed E-state index contributed by atoms with van der Waals surface area (Å²) in [6, 6.07) is 24.5. The Bertz CT molecular complexity index is 961. The average Bonchev–Trinajstić information content (AvgIpc) is 2.73. The molecule has 4 rings (SSSR count). The average molecular weight is 370 g/mol. The van der Waals surface area contributed by atoms with Gasteiger partial charge in [-0.2, -0.15) is 0 Å². The Morgan fingerprint density at radius 1 is 0.929 bits per heavy atom. The number of nitrogens with one attached hydrogen (secondary N) is 1. The fourth-order valence-corrected chi connectivity index (χ4v) is 3.71. The first kappa shape index (κ1) is 18.3. The Kier molecular flexibility index (Phi) is 5.16. The number of hydrogen-bond donors (Lipinski definition) is 1. The van der Waals surface area contributed by atoms with Crippen LogP contribution < -0.4 is 10.2 Å². The molecule has 1 aliphatic rings. The summed E-state index contributed by atoms with van der Waals surface area (Å²) < 4.78 is 0. The van der Waals surface area contributed by atoms with Crippen molar-refractivity contribution in [2.75, 3.05) is 10.2 Å². The third-order valence-electron chi connectivity index (χ3n) is 5.35. The van der Waals surface area contributed by atoms with Crippen LogP contribution in [0.1, 0.15) is 53.0 Å². The number of aryl methyl sites for hydroxylation is 2. The van der Waals surface area contributed by atoms with E-state index in [0.29, 0.717) is 5.56 Å². The van der Waals surface area contributed by atoms with Gasteiger partial charge in [0.1, 0.15) is 6.17 Å². The van der Waals surface area contributed by atoms with Crippen molar-refractivity contribution in [2.24, 2.45) is 0 Å². The first-order valence-electron chi connectivity index (χ1n) is 10.0. The molecule has 0 spiro atoms. The van der Waals surface area contributed by atoms with Gasteiger partial charge >= 0.3 is 0 Å². The van der Waals surface area contributed by atoms with Crippen LogP contribution in [-0.2, 0) is 6.42 Å². The molecule has 28 heavy (non-hydrogen) atoms. The summed E-state index contributed by atoms with van der Waals surface area (Å²) >= 11 is 0. The fraction of sp³-hybridized carbons (Fsp3) is 0.240. The predicted molar refractivity (Wildman–Crippen MR) is 116 cm³/mol. The number of anilines is 2. The van der Waals surface area contributed by atoms with Crippen LogP contribution in [0.5, 0.6) is 0 Å². The Morgan fingerprint density at radius 3 is 2.36 bits per heavy atom. The van der Waals surface area contributed by atoms with E-state index in [1.807, 2.05) is 29.2 Å². The van der Waals surface area contributed by atoms with Gasteiger partial charge in [-0.3, -0.25) is 9.69 Å². The second-order valence-electron chi connectivity index (χ2n) is 7.45. The van der Waals surface area contributed by atoms with E-state index in [2.05, 4.69) is 67.7 Å². The fourth-order valence-electron chi connectivity index (χ4n) is 3.71. The summed E-state index contributed by atoms with van der Waals surface area (Å²) in [5.41, 5.74) is 6.10. The minimum Gasteiger partial charge on any atom is -0.360 e. The lowest BCUT2D eigenvalue weighted by molar-refractivity contribution is 0.0975. The molecule has 0 saturated heterocycles. The van der Waals surface area contributed by atoms with Crippen LogP contribution in [0.3, 0.4) is 0 Å². The number of para-hydroxylation sites is 1. The van der Waals surface area contributed by atoms with Gasteiger partial charge in [0.15, 0.2) is 0 Å². The third kappa shape index (κ3) is 3.53. The van der Waals surface area contributed by atoms with E-state index in [4.69, 9.17) is 0 Å². The summed E-state index contributed by atoms with van der Waals surface area (Å²) in [6.07, 6.45) is 3.21. The van der Waals surface area contributed by atoms with Gasteiger partial charge in [0.25, 0.3) is 5.91 Å². The lowest BCUT2D eigenvalue weighted by Gasteiger charge is -2.38. The topological polar surface area (TPSA) is 32.3 Å². The van der Waals surface area contributed by atoms with Crippen molar-refractivity contribution in [1.82, 2.24) is 0 Å². The third-order valence-corrected chi connectivity index (χ3v) is 5.35. The standard InChI is InChI=1S/C25H26N2O/c1-3-4-7-19-12-16-21(17-13-19)27-24(20-14-10-18(2)11-15-20)26-23-9-6-5-8-22(23)25(27)28/h5-6,8-17,24,26H,3-4,7H2,1-2H3. The second-order valence-corrected chi connectivity index (χ2v) is 7.45. The monoisotopic (exact) mass is 370 g/mol. The first-order chi connectivity index (χ1) is 13.7. The number of carbonyl (C=O) groups is 1. The zero-order chi connectivity index (χ0) is 19.5. The number of benzene rings is 3. The number of hydrogen-bond acceptors (Lipinski definition) is 2. The molecule has 0 radical (unpaired) electrons. The minimum absolute atomic E-state index is 0.0289. The second kappa shape index (κ2) is 7.89. The number of fused-ring (bicyclic) bond motifs is 1. The van der Waals surface area contributed by atoms with Gasteiger partial charge in [-0.1, -0.05) is 67.4 Å². The van der Waals surface area contributed by atoms with Crippen LogP contribution in [0, 0.1) is 6.92 Å². The Labute approximate surface area is 167 Å². The highest BCUT2D eigenvalue weighted by Crippen LogP contribution is 2.36. The summed E-state index contributed by atoms with van der Waals surface area (Å²) in [5.74, 6) is 0.0289. The highest BCUT2D eigenvalue weighted by molar-refractivity contribution is 6.12. The van der Waals surface area contributed by atoms with Crippen LogP contribution in [-0.4, -0.2) is 5.91 Å². The molecule has 3 nitrogen and oxygen atoms in total. The van der Waals surface area contributed by atoms with Crippen molar-refractivity contribution in [3.05, 3.63) is 95.1 Å². The van der Waals surface area contributed by atoms with E-state index < -0.39 is 0 Å². The molecule has 1 N–H and O–H groups in total. The summed E-state index contributed by atoms with van der Waals surface area (Å²) in [7, 11) is 0. The molecule has 1 unspecified atom stereocenters. The Balaban J connectivity index is 1.74. The minimum atomic E-state index is -0.232. The van der Waals surface area contributed by atoms with Crippen LogP contribution in [0.15, 0.2) is 72.8 Å². The molecule has 3 aromatic carbocycles. The number of amides is 1. The van der Waals surface area contributed by atoms with Crippen molar-refractivity contribution >= 4 is 17.3 Å². The summed E-state index contributed by atoms with van der Waals surface area (Å²) in [5, 5.41) is 3.57. The van der Waals surface area contributed by atoms with E-state index in [0.717, 1.165) is 23.4 Å². The Hall–Kier alpha value is -3.07. The quantitative estimate of drug-likeness (QED) is 0.588. The zero-order valence-corrected chi connectivity index (χ0v) is 16.5. The van der Waals surface area contributed by atoms with Gasteiger partial charge in [0.05, 0.1) is 5.56 Å². The van der Waals surface area contributed by atoms with Gasteiger partial charge in [0.2, 0.25) is 0 Å². The van der Waals surface area contributed by atoms with Gasteiger partial charge in [-0.15, -0.1) is 0 Å². The molecule has 142 valence electrons. The summed E-state index contributed by atoms with van der Waals surface area (Å²) in [4.78, 5) is 15.3. The van der Waals surface area contributed by atoms with Gasteiger partial charge in [-0.05, 0) is 55.2 Å². The number of nitrogens with zero attached hydrogens (tertiary/aromatic N) is 1. The predicted octanol–water partition coefficient (Wildman–Crippen LogP) is 6.11. The van der Waals surface area contributed by atoms with Gasteiger partial charge < -0.3 is 5.32 Å². The van der Waals surface area contributed by atoms with E-state index >= 15 is 0 Å². The van der Waals surface area contributed by atoms with Gasteiger partial charge in [0, 0.05) is 11.4 Å². The van der Waals surface area contributed by atoms with E-state index in [1.165, 1.54) is 24.0 Å². The molecular formula is C25H26N2O. The lowest BCUT2D eigenvalue weighted by atomic mass is 10.0. The van der Waals surface area contributed by atoms with Crippen molar-refractivity contribution in [3.8, 4) is 0 Å². The van der Waals surface area contributed by atoms with E-state index in [1.54, 1.807) is 0 Å². The number of carbonyl (C=O) groups excluding carboxylic acids is 1. The number of unbranched alkanes of at least 4 members (excludes halogenated alkanes) is 1. The van der Waals surface area contributed by atoms with Crippen molar-refractivity contribution in [3.63, 3.8) is 0 Å². The van der Waals surface area contributed by atoms with Crippen LogP contribution in [0.4, 0.5) is 11.4 Å². The Morgan fingerprint density at radius 2 is 1.64 bits per heavy atom. The van der Waals surface area contributed by atoms with Crippen LogP contribution >= 0.6 is 0 Å². The maximum atomic E-state index is 13.4. The SMILES string of the molecule is CCCCc1ccc(N2C(=O)c3ccccc3NC2c2ccc(C)cc2)cc1. The van der Waals surface area contributed by atoms with Crippen molar-refractivity contribution in [2.45, 2.75) is 39.3 Å². The maximum Gasteiger partial charge on any atom is 0.262 e.